The van der Waals surface area contributed by atoms with E-state index in [1.54, 1.807) is 31.2 Å². The number of ether oxygens (including phenoxy) is 1. The minimum Gasteiger partial charge on any atom is -0.454 e. The monoisotopic (exact) mass is 423 g/mol. The predicted molar refractivity (Wildman–Crippen MR) is 107 cm³/mol. The molecule has 1 aromatic rings. The second-order valence-electron chi connectivity index (χ2n) is 7.65. The van der Waals surface area contributed by atoms with Gasteiger partial charge in [0.2, 0.25) is 0 Å². The Balaban J connectivity index is 1.78. The van der Waals surface area contributed by atoms with Crippen molar-refractivity contribution in [2.75, 3.05) is 13.2 Å². The van der Waals surface area contributed by atoms with Gasteiger partial charge in [0.15, 0.2) is 6.61 Å². The van der Waals surface area contributed by atoms with E-state index in [4.69, 9.17) is 16.3 Å². The molecule has 1 heterocycles. The summed E-state index contributed by atoms with van der Waals surface area (Å²) >= 11 is 5.80. The minimum absolute atomic E-state index is 0.259. The smallest absolute Gasteiger partial charge is 0.326 e. The van der Waals surface area contributed by atoms with Crippen LogP contribution in [-0.4, -0.2) is 47.4 Å². The fourth-order valence-corrected chi connectivity index (χ4v) is 2.94. The maximum atomic E-state index is 12.6. The van der Waals surface area contributed by atoms with Crippen LogP contribution in [0, 0.1) is 5.92 Å². The molecule has 1 aromatic carbocycles. The van der Waals surface area contributed by atoms with Crippen LogP contribution in [0.1, 0.15) is 39.2 Å². The molecule has 1 saturated heterocycles. The number of imide groups is 1. The van der Waals surface area contributed by atoms with E-state index in [1.165, 1.54) is 0 Å². The Bertz CT molecular complexity index is 781. The fraction of sp³-hybridized carbons (Fsp3) is 0.500. The summed E-state index contributed by atoms with van der Waals surface area (Å²) in [6.45, 7) is 4.92. The molecule has 1 aliphatic rings. The Hall–Kier alpha value is -2.61. The van der Waals surface area contributed by atoms with Gasteiger partial charge in [0.1, 0.15) is 12.1 Å². The molecule has 0 bridgehead atoms. The van der Waals surface area contributed by atoms with E-state index in [9.17, 15) is 19.2 Å². The Morgan fingerprint density at radius 1 is 1.24 bits per heavy atom. The lowest BCUT2D eigenvalue weighted by molar-refractivity contribution is -0.151. The quantitative estimate of drug-likeness (QED) is 0.468. The van der Waals surface area contributed by atoms with Crippen molar-refractivity contribution in [3.8, 4) is 0 Å². The molecule has 1 aliphatic heterocycles. The molecule has 0 unspecified atom stereocenters. The number of hydrogen-bond donors (Lipinski definition) is 2. The summed E-state index contributed by atoms with van der Waals surface area (Å²) in [4.78, 5) is 49.3. The van der Waals surface area contributed by atoms with Crippen molar-refractivity contribution in [2.24, 2.45) is 5.92 Å². The van der Waals surface area contributed by atoms with Gasteiger partial charge in [-0.15, -0.1) is 0 Å². The maximum absolute atomic E-state index is 12.6. The Morgan fingerprint density at radius 2 is 1.90 bits per heavy atom. The summed E-state index contributed by atoms with van der Waals surface area (Å²) < 4.78 is 4.89. The molecule has 0 spiro atoms. The first-order valence-corrected chi connectivity index (χ1v) is 9.79. The van der Waals surface area contributed by atoms with Crippen LogP contribution < -0.4 is 10.6 Å². The highest BCUT2D eigenvalue weighted by Crippen LogP contribution is 2.24. The molecule has 0 aliphatic carbocycles. The van der Waals surface area contributed by atoms with Crippen LogP contribution in [0.25, 0.3) is 0 Å². The number of nitrogens with one attached hydrogen (secondary N) is 2. The summed E-state index contributed by atoms with van der Waals surface area (Å²) in [6, 6.07) is 6.31. The van der Waals surface area contributed by atoms with Crippen LogP contribution in [0.3, 0.4) is 0 Å². The number of urea groups is 1. The van der Waals surface area contributed by atoms with E-state index >= 15 is 0 Å². The van der Waals surface area contributed by atoms with E-state index in [-0.39, 0.29) is 6.54 Å². The number of rotatable bonds is 9. The number of esters is 1. The van der Waals surface area contributed by atoms with Crippen molar-refractivity contribution < 1.29 is 23.9 Å². The summed E-state index contributed by atoms with van der Waals surface area (Å²) in [5, 5.41) is 5.84. The van der Waals surface area contributed by atoms with Crippen molar-refractivity contribution in [3.05, 3.63) is 34.9 Å². The molecule has 2 N–H and O–H groups in total. The number of hydrogen-bond acceptors (Lipinski definition) is 5. The van der Waals surface area contributed by atoms with Crippen LogP contribution in [0.5, 0.6) is 0 Å². The van der Waals surface area contributed by atoms with Crippen LogP contribution in [0.2, 0.25) is 5.02 Å². The molecule has 8 nitrogen and oxygen atoms in total. The number of carbonyl (C=O) groups is 4. The first-order valence-electron chi connectivity index (χ1n) is 9.41. The SMILES string of the molecule is CC(C)CC[C@]1(C)NC(=O)N(CC(=O)OCC(=O)NCc2ccc(Cl)cc2)C1=O. The van der Waals surface area contributed by atoms with Gasteiger partial charge in [0, 0.05) is 11.6 Å². The van der Waals surface area contributed by atoms with Crippen molar-refractivity contribution in [3.63, 3.8) is 0 Å². The van der Waals surface area contributed by atoms with Crippen molar-refractivity contribution in [1.29, 1.82) is 0 Å². The van der Waals surface area contributed by atoms with E-state index in [0.717, 1.165) is 16.9 Å². The molecule has 0 aromatic heterocycles. The zero-order chi connectivity index (χ0) is 21.6. The summed E-state index contributed by atoms with van der Waals surface area (Å²) in [5.41, 5.74) is -0.188. The van der Waals surface area contributed by atoms with Gasteiger partial charge in [-0.05, 0) is 43.4 Å². The normalized spacial score (nSPS) is 18.7. The van der Waals surface area contributed by atoms with Crippen LogP contribution >= 0.6 is 11.6 Å². The van der Waals surface area contributed by atoms with Crippen molar-refractivity contribution >= 4 is 35.4 Å². The standard InChI is InChI=1S/C20H26ClN3O5/c1-13(2)8-9-20(3)18(27)24(19(28)23-20)11-17(26)29-12-16(25)22-10-14-4-6-15(21)7-5-14/h4-7,13H,8-12H2,1-3H3,(H,22,25)(H,23,28)/t20-/m0/s1. The van der Waals surface area contributed by atoms with Gasteiger partial charge in [-0.25, -0.2) is 4.79 Å². The number of benzene rings is 1. The van der Waals surface area contributed by atoms with E-state index < -0.39 is 42.5 Å². The van der Waals surface area contributed by atoms with Gasteiger partial charge in [0.25, 0.3) is 11.8 Å². The largest absolute Gasteiger partial charge is 0.454 e. The molecule has 2 rings (SSSR count). The van der Waals surface area contributed by atoms with Crippen molar-refractivity contribution in [2.45, 2.75) is 45.7 Å². The number of amides is 4. The molecule has 29 heavy (non-hydrogen) atoms. The minimum atomic E-state index is -1.03. The second kappa shape index (κ2) is 9.73. The summed E-state index contributed by atoms with van der Waals surface area (Å²) in [7, 11) is 0. The molecule has 0 radical (unpaired) electrons. The third-order valence-electron chi connectivity index (χ3n) is 4.62. The Kier molecular flexibility index (Phi) is 7.61. The molecule has 4 amide bonds. The number of nitrogens with zero attached hydrogens (tertiary/aromatic N) is 1. The third kappa shape index (κ3) is 6.45. The molecular weight excluding hydrogens is 398 g/mol. The first-order chi connectivity index (χ1) is 13.6. The highest BCUT2D eigenvalue weighted by atomic mass is 35.5. The van der Waals surface area contributed by atoms with Crippen LogP contribution in [0.4, 0.5) is 4.79 Å². The summed E-state index contributed by atoms with van der Waals surface area (Å²) in [6.07, 6.45) is 1.24. The van der Waals surface area contributed by atoms with Gasteiger partial charge >= 0.3 is 12.0 Å². The average molecular weight is 424 g/mol. The van der Waals surface area contributed by atoms with E-state index in [1.807, 2.05) is 13.8 Å². The van der Waals surface area contributed by atoms with E-state index in [2.05, 4.69) is 10.6 Å². The lowest BCUT2D eigenvalue weighted by Gasteiger charge is -2.22. The van der Waals surface area contributed by atoms with Gasteiger partial charge in [-0.1, -0.05) is 37.6 Å². The number of carbonyl (C=O) groups excluding carboxylic acids is 4. The van der Waals surface area contributed by atoms with Gasteiger partial charge in [-0.3, -0.25) is 19.3 Å². The third-order valence-corrected chi connectivity index (χ3v) is 4.87. The van der Waals surface area contributed by atoms with Crippen LogP contribution in [-0.2, 0) is 25.7 Å². The zero-order valence-corrected chi connectivity index (χ0v) is 17.5. The van der Waals surface area contributed by atoms with Crippen molar-refractivity contribution in [1.82, 2.24) is 15.5 Å². The zero-order valence-electron chi connectivity index (χ0n) is 16.8. The number of halogens is 1. The predicted octanol–water partition coefficient (Wildman–Crippen LogP) is 2.25. The van der Waals surface area contributed by atoms with Gasteiger partial charge in [-0.2, -0.15) is 0 Å². The lowest BCUT2D eigenvalue weighted by atomic mass is 9.92. The summed E-state index contributed by atoms with van der Waals surface area (Å²) in [5.74, 6) is -1.41. The maximum Gasteiger partial charge on any atom is 0.326 e. The molecule has 1 fully saturated rings. The van der Waals surface area contributed by atoms with Gasteiger partial charge in [0.05, 0.1) is 0 Å². The molecule has 158 valence electrons. The van der Waals surface area contributed by atoms with Crippen LogP contribution in [0.15, 0.2) is 24.3 Å². The van der Waals surface area contributed by atoms with Gasteiger partial charge < -0.3 is 15.4 Å². The second-order valence-corrected chi connectivity index (χ2v) is 8.09. The molecule has 9 heteroatoms. The highest BCUT2D eigenvalue weighted by Gasteiger charge is 2.48. The topological polar surface area (TPSA) is 105 Å². The highest BCUT2D eigenvalue weighted by molar-refractivity contribution is 6.30. The molecular formula is C20H26ClN3O5. The Morgan fingerprint density at radius 3 is 2.52 bits per heavy atom. The fourth-order valence-electron chi connectivity index (χ4n) is 2.81. The van der Waals surface area contributed by atoms with E-state index in [0.29, 0.717) is 17.4 Å². The first kappa shape index (κ1) is 22.7. The average Bonchev–Trinajstić information content (AvgIpc) is 2.88. The Labute approximate surface area is 174 Å². The molecule has 1 atom stereocenters. The molecule has 0 saturated carbocycles. The lowest BCUT2D eigenvalue weighted by Crippen LogP contribution is -2.44.